The van der Waals surface area contributed by atoms with E-state index in [-0.39, 0.29) is 0 Å². The number of anilines is 1. The van der Waals surface area contributed by atoms with Gasteiger partial charge in [0.2, 0.25) is 5.91 Å². The summed E-state index contributed by atoms with van der Waals surface area (Å²) in [5, 5.41) is 2.66. The molecule has 22 heavy (non-hydrogen) atoms. The molecule has 0 aliphatic carbocycles. The molecule has 1 saturated heterocycles. The van der Waals surface area contributed by atoms with Crippen molar-refractivity contribution in [2.24, 2.45) is 0 Å². The number of fused-ring (bicyclic) bond motifs is 1. The smallest absolute Gasteiger partial charge is 0.345 e. The molecule has 1 atom stereocenters. The number of carbonyl (C=O) groups is 1. The first-order chi connectivity index (χ1) is 10.4. The number of hydrogen-bond acceptors (Lipinski definition) is 4. The quantitative estimate of drug-likeness (QED) is 0.942. The van der Waals surface area contributed by atoms with E-state index in [2.05, 4.69) is 4.98 Å². The fourth-order valence-electron chi connectivity index (χ4n) is 2.56. The first-order valence-corrected chi connectivity index (χ1v) is 7.72. The maximum absolute atomic E-state index is 12.2. The second-order valence-electron chi connectivity index (χ2n) is 5.15. The van der Waals surface area contributed by atoms with Crippen LogP contribution in [0.5, 0.6) is 0 Å². The fourth-order valence-corrected chi connectivity index (χ4v) is 3.60. The van der Waals surface area contributed by atoms with Gasteiger partial charge in [0.15, 0.2) is 5.13 Å². The molecule has 1 aromatic heterocycles. The van der Waals surface area contributed by atoms with Crippen LogP contribution in [0.15, 0.2) is 24.3 Å². The lowest BCUT2D eigenvalue weighted by atomic mass is 10.2. The van der Waals surface area contributed by atoms with Crippen LogP contribution in [0.2, 0.25) is 0 Å². The summed E-state index contributed by atoms with van der Waals surface area (Å²) >= 11 is 1.45. The summed E-state index contributed by atoms with van der Waals surface area (Å²) < 4.78 is 37.7. The van der Waals surface area contributed by atoms with Crippen LogP contribution in [0.4, 0.5) is 18.3 Å². The van der Waals surface area contributed by atoms with Crippen molar-refractivity contribution in [3.05, 3.63) is 24.3 Å². The van der Waals surface area contributed by atoms with Crippen molar-refractivity contribution in [2.75, 3.05) is 18.0 Å². The molecule has 2 heterocycles. The minimum Gasteiger partial charge on any atom is -0.345 e. The lowest BCUT2D eigenvalue weighted by Crippen LogP contribution is -2.46. The molecule has 0 saturated carbocycles. The third-order valence-electron chi connectivity index (χ3n) is 3.55. The van der Waals surface area contributed by atoms with Gasteiger partial charge in [-0.05, 0) is 25.0 Å². The zero-order chi connectivity index (χ0) is 15.7. The van der Waals surface area contributed by atoms with Crippen molar-refractivity contribution in [1.82, 2.24) is 10.3 Å². The number of amides is 1. The van der Waals surface area contributed by atoms with E-state index in [0.717, 1.165) is 16.6 Å². The van der Waals surface area contributed by atoms with Crippen LogP contribution < -0.4 is 10.2 Å². The molecule has 2 aromatic rings. The van der Waals surface area contributed by atoms with Crippen LogP contribution in [0, 0.1) is 0 Å². The lowest BCUT2D eigenvalue weighted by Gasteiger charge is -2.23. The maximum Gasteiger partial charge on any atom is 0.405 e. The summed E-state index contributed by atoms with van der Waals surface area (Å²) in [4.78, 5) is 18.3. The number of hydrogen-bond donors (Lipinski definition) is 1. The number of nitrogens with zero attached hydrogens (tertiary/aromatic N) is 2. The Hall–Kier alpha value is -1.83. The van der Waals surface area contributed by atoms with Crippen molar-refractivity contribution in [3.8, 4) is 0 Å². The molecule has 4 nitrogen and oxygen atoms in total. The number of aromatic nitrogens is 1. The van der Waals surface area contributed by atoms with Crippen LogP contribution in [-0.2, 0) is 4.79 Å². The first-order valence-electron chi connectivity index (χ1n) is 6.91. The SMILES string of the molecule is O=C(NCC(F)(F)F)[C@@H]1CCCN1c1nc2ccccc2s1. The van der Waals surface area contributed by atoms with Gasteiger partial charge in [0, 0.05) is 6.54 Å². The average Bonchev–Trinajstić information content (AvgIpc) is 3.09. The second-order valence-corrected chi connectivity index (χ2v) is 6.16. The van der Waals surface area contributed by atoms with E-state index >= 15 is 0 Å². The third-order valence-corrected chi connectivity index (χ3v) is 4.62. The van der Waals surface area contributed by atoms with Crippen LogP contribution >= 0.6 is 11.3 Å². The van der Waals surface area contributed by atoms with E-state index in [1.807, 2.05) is 29.6 Å². The van der Waals surface area contributed by atoms with E-state index in [0.29, 0.717) is 18.1 Å². The molecular weight excluding hydrogens is 315 g/mol. The molecule has 118 valence electrons. The standard InChI is InChI=1S/C14H14F3N3OS/c15-14(16,17)8-18-12(21)10-5-3-7-20(10)13-19-9-4-1-2-6-11(9)22-13/h1-2,4,6,10H,3,5,7-8H2,(H,18,21)/t10-/m0/s1. The minimum absolute atomic E-state index is 0.541. The highest BCUT2D eigenvalue weighted by molar-refractivity contribution is 7.22. The Morgan fingerprint density at radius 1 is 1.41 bits per heavy atom. The molecule has 3 rings (SSSR count). The number of para-hydroxylation sites is 1. The largest absolute Gasteiger partial charge is 0.405 e. The zero-order valence-electron chi connectivity index (χ0n) is 11.6. The monoisotopic (exact) mass is 329 g/mol. The van der Waals surface area contributed by atoms with E-state index in [1.54, 1.807) is 4.90 Å². The van der Waals surface area contributed by atoms with Gasteiger partial charge in [-0.25, -0.2) is 4.98 Å². The molecule has 1 aromatic carbocycles. The van der Waals surface area contributed by atoms with Gasteiger partial charge >= 0.3 is 6.18 Å². The van der Waals surface area contributed by atoms with Crippen LogP contribution in [0.1, 0.15) is 12.8 Å². The molecule has 0 unspecified atom stereocenters. The van der Waals surface area contributed by atoms with Gasteiger partial charge in [-0.2, -0.15) is 13.2 Å². The summed E-state index contributed by atoms with van der Waals surface area (Å²) in [5.74, 6) is -0.589. The third kappa shape index (κ3) is 3.16. The maximum atomic E-state index is 12.2. The molecule has 1 N–H and O–H groups in total. The summed E-state index contributed by atoms with van der Waals surface area (Å²) in [7, 11) is 0. The summed E-state index contributed by atoms with van der Waals surface area (Å²) in [6, 6.07) is 7.02. The highest BCUT2D eigenvalue weighted by Crippen LogP contribution is 2.33. The number of rotatable bonds is 3. The van der Waals surface area contributed by atoms with E-state index in [9.17, 15) is 18.0 Å². The Morgan fingerprint density at radius 2 is 2.18 bits per heavy atom. The fraction of sp³-hybridized carbons (Fsp3) is 0.429. The van der Waals surface area contributed by atoms with Crippen LogP contribution in [0.25, 0.3) is 10.2 Å². The second kappa shape index (κ2) is 5.75. The number of halogens is 3. The van der Waals surface area contributed by atoms with E-state index in [1.165, 1.54) is 11.3 Å². The van der Waals surface area contributed by atoms with Crippen molar-refractivity contribution in [2.45, 2.75) is 25.1 Å². The molecule has 1 aliphatic heterocycles. The first kappa shape index (κ1) is 15.1. The van der Waals surface area contributed by atoms with E-state index in [4.69, 9.17) is 0 Å². The van der Waals surface area contributed by atoms with Crippen LogP contribution in [-0.4, -0.2) is 36.2 Å². The van der Waals surface area contributed by atoms with Gasteiger partial charge in [0.05, 0.1) is 10.2 Å². The molecule has 0 bridgehead atoms. The number of nitrogens with one attached hydrogen (secondary N) is 1. The molecule has 1 amide bonds. The molecule has 0 spiro atoms. The predicted octanol–water partition coefficient (Wildman–Crippen LogP) is 2.94. The average molecular weight is 329 g/mol. The number of benzene rings is 1. The molecule has 0 radical (unpaired) electrons. The van der Waals surface area contributed by atoms with Gasteiger partial charge in [-0.1, -0.05) is 23.5 Å². The highest BCUT2D eigenvalue weighted by atomic mass is 32.1. The summed E-state index contributed by atoms with van der Waals surface area (Å²) in [6.07, 6.45) is -3.09. The predicted molar refractivity (Wildman–Crippen MR) is 79.1 cm³/mol. The number of thiazole rings is 1. The van der Waals surface area contributed by atoms with Gasteiger partial charge < -0.3 is 10.2 Å². The Balaban J connectivity index is 1.76. The molecule has 1 fully saturated rings. The summed E-state index contributed by atoms with van der Waals surface area (Å²) in [5.41, 5.74) is 0.837. The Kier molecular flexibility index (Phi) is 3.94. The van der Waals surface area contributed by atoms with Crippen molar-refractivity contribution >= 4 is 32.6 Å². The van der Waals surface area contributed by atoms with Gasteiger partial charge in [-0.3, -0.25) is 4.79 Å². The topological polar surface area (TPSA) is 45.2 Å². The normalized spacial score (nSPS) is 18.9. The Bertz CT molecular complexity index is 652. The van der Waals surface area contributed by atoms with Gasteiger partial charge in [0.25, 0.3) is 0 Å². The van der Waals surface area contributed by atoms with E-state index < -0.39 is 24.7 Å². The summed E-state index contributed by atoms with van der Waals surface area (Å²) in [6.45, 7) is -0.667. The molecular formula is C14H14F3N3OS. The molecule has 1 aliphatic rings. The number of carbonyl (C=O) groups excluding carboxylic acids is 1. The minimum atomic E-state index is -4.39. The van der Waals surface area contributed by atoms with Crippen LogP contribution in [0.3, 0.4) is 0 Å². The number of alkyl halides is 3. The van der Waals surface area contributed by atoms with Gasteiger partial charge in [0.1, 0.15) is 12.6 Å². The zero-order valence-corrected chi connectivity index (χ0v) is 12.4. The van der Waals surface area contributed by atoms with Crippen molar-refractivity contribution < 1.29 is 18.0 Å². The lowest BCUT2D eigenvalue weighted by molar-refractivity contribution is -0.139. The highest BCUT2D eigenvalue weighted by Gasteiger charge is 2.35. The Labute approximate surface area is 128 Å². The molecule has 8 heteroatoms. The van der Waals surface area contributed by atoms with Crippen molar-refractivity contribution in [3.63, 3.8) is 0 Å². The van der Waals surface area contributed by atoms with Gasteiger partial charge in [-0.15, -0.1) is 0 Å². The van der Waals surface area contributed by atoms with Crippen molar-refractivity contribution in [1.29, 1.82) is 0 Å². The Morgan fingerprint density at radius 3 is 2.91 bits per heavy atom.